The number of carboxylic acids is 1. The van der Waals surface area contributed by atoms with Gasteiger partial charge in [0.1, 0.15) is 0 Å². The summed E-state index contributed by atoms with van der Waals surface area (Å²) in [6, 6.07) is 8.47. The molecule has 1 aromatic carbocycles. The monoisotopic (exact) mass is 300 g/mol. The average Bonchev–Trinajstić information content (AvgIpc) is 2.54. The number of Topliss-reactive ketones (excluding diaryl/α,β-unsaturated/α-hetero) is 1. The first-order valence-corrected chi connectivity index (χ1v) is 7.44. The molecule has 1 aliphatic carbocycles. The number of aliphatic carboxylic acids is 1. The molecule has 0 amide bonds. The Balaban J connectivity index is 2.37. The number of unbranched alkanes of at least 4 members (excludes halogenated alkanes) is 1. The normalized spacial score (nSPS) is 23.9. The zero-order valence-corrected chi connectivity index (χ0v) is 12.5. The standard InChI is InChI=1S/C18H20O4/c1-2-3-7-13-10-11-18(22,17(20)21)15(12-13)16(19)14-8-5-4-6-9-14/h4-6,8-12,15,22H,2-3,7H2,1H3,(H,20,21). The predicted octanol–water partition coefficient (Wildman–Crippen LogP) is 2.99. The van der Waals surface area contributed by atoms with Gasteiger partial charge in [0, 0.05) is 5.56 Å². The third kappa shape index (κ3) is 3.17. The molecule has 1 aliphatic rings. The Labute approximate surface area is 129 Å². The van der Waals surface area contributed by atoms with Crippen molar-refractivity contribution in [1.82, 2.24) is 0 Å². The molecule has 116 valence electrons. The van der Waals surface area contributed by atoms with Gasteiger partial charge in [-0.1, -0.05) is 61.4 Å². The fourth-order valence-electron chi connectivity index (χ4n) is 2.54. The number of rotatable bonds is 6. The van der Waals surface area contributed by atoms with Crippen LogP contribution in [0, 0.1) is 5.92 Å². The molecule has 0 saturated heterocycles. The highest BCUT2D eigenvalue weighted by Gasteiger charge is 2.46. The van der Waals surface area contributed by atoms with Gasteiger partial charge in [0.2, 0.25) is 0 Å². The molecule has 0 fully saturated rings. The minimum Gasteiger partial charge on any atom is -0.479 e. The van der Waals surface area contributed by atoms with E-state index in [1.165, 1.54) is 6.08 Å². The van der Waals surface area contributed by atoms with Gasteiger partial charge in [0.05, 0.1) is 5.92 Å². The van der Waals surface area contributed by atoms with E-state index in [0.717, 1.165) is 24.8 Å². The Hall–Kier alpha value is -2.20. The van der Waals surface area contributed by atoms with Crippen LogP contribution in [0.4, 0.5) is 0 Å². The Morgan fingerprint density at radius 3 is 2.50 bits per heavy atom. The number of benzene rings is 1. The van der Waals surface area contributed by atoms with Crippen LogP contribution < -0.4 is 0 Å². The first-order valence-electron chi connectivity index (χ1n) is 7.44. The fourth-order valence-corrected chi connectivity index (χ4v) is 2.54. The van der Waals surface area contributed by atoms with Crippen LogP contribution in [0.5, 0.6) is 0 Å². The van der Waals surface area contributed by atoms with E-state index in [1.807, 2.05) is 0 Å². The molecule has 4 nitrogen and oxygen atoms in total. The van der Waals surface area contributed by atoms with Gasteiger partial charge in [-0.25, -0.2) is 4.79 Å². The molecule has 2 atom stereocenters. The lowest BCUT2D eigenvalue weighted by Crippen LogP contribution is -2.48. The molecule has 4 heteroatoms. The molecule has 0 aliphatic heterocycles. The summed E-state index contributed by atoms with van der Waals surface area (Å²) in [7, 11) is 0. The molecular formula is C18H20O4. The Bertz CT molecular complexity index is 615. The zero-order valence-electron chi connectivity index (χ0n) is 12.5. The number of carboxylic acid groups (broad SMARTS) is 1. The molecule has 0 radical (unpaired) electrons. The van der Waals surface area contributed by atoms with Gasteiger partial charge in [-0.15, -0.1) is 0 Å². The van der Waals surface area contributed by atoms with Crippen molar-refractivity contribution in [2.45, 2.75) is 31.8 Å². The van der Waals surface area contributed by atoms with Gasteiger partial charge in [-0.05, 0) is 18.9 Å². The largest absolute Gasteiger partial charge is 0.479 e. The van der Waals surface area contributed by atoms with Crippen molar-refractivity contribution in [2.75, 3.05) is 0 Å². The highest BCUT2D eigenvalue weighted by Crippen LogP contribution is 2.32. The quantitative estimate of drug-likeness (QED) is 0.792. The van der Waals surface area contributed by atoms with Crippen molar-refractivity contribution in [1.29, 1.82) is 0 Å². The van der Waals surface area contributed by atoms with Gasteiger partial charge >= 0.3 is 5.97 Å². The summed E-state index contributed by atoms with van der Waals surface area (Å²) in [5.41, 5.74) is -0.904. The van der Waals surface area contributed by atoms with Crippen molar-refractivity contribution in [3.05, 3.63) is 59.7 Å². The third-order valence-electron chi connectivity index (χ3n) is 3.91. The van der Waals surface area contributed by atoms with Crippen LogP contribution in [0.3, 0.4) is 0 Å². The van der Waals surface area contributed by atoms with E-state index >= 15 is 0 Å². The third-order valence-corrected chi connectivity index (χ3v) is 3.91. The van der Waals surface area contributed by atoms with E-state index in [2.05, 4.69) is 6.92 Å². The topological polar surface area (TPSA) is 74.6 Å². The minimum atomic E-state index is -2.19. The van der Waals surface area contributed by atoms with E-state index in [1.54, 1.807) is 42.5 Å². The Kier molecular flexibility index (Phi) is 4.93. The van der Waals surface area contributed by atoms with E-state index in [-0.39, 0.29) is 5.78 Å². The SMILES string of the molecule is CCCCC1=CC(C(=O)c2ccccc2)C(O)(C(=O)O)C=C1. The molecule has 1 aromatic rings. The smallest absolute Gasteiger partial charge is 0.340 e. The highest BCUT2D eigenvalue weighted by molar-refractivity contribution is 6.03. The molecule has 0 saturated carbocycles. The number of ketones is 1. The number of hydrogen-bond acceptors (Lipinski definition) is 3. The van der Waals surface area contributed by atoms with Crippen LogP contribution in [0.1, 0.15) is 36.5 Å². The first kappa shape index (κ1) is 16.2. The summed E-state index contributed by atoms with van der Waals surface area (Å²) < 4.78 is 0. The maximum Gasteiger partial charge on any atom is 0.340 e. The van der Waals surface area contributed by atoms with Gasteiger partial charge in [-0.2, -0.15) is 0 Å². The maximum atomic E-state index is 12.6. The second kappa shape index (κ2) is 6.71. The van der Waals surface area contributed by atoms with Crippen molar-refractivity contribution in [3.8, 4) is 0 Å². The molecule has 0 bridgehead atoms. The molecule has 0 heterocycles. The number of carbonyl (C=O) groups excluding carboxylic acids is 1. The second-order valence-corrected chi connectivity index (χ2v) is 5.52. The summed E-state index contributed by atoms with van der Waals surface area (Å²) >= 11 is 0. The number of carbonyl (C=O) groups is 2. The molecular weight excluding hydrogens is 280 g/mol. The van der Waals surface area contributed by atoms with Crippen LogP contribution >= 0.6 is 0 Å². The first-order chi connectivity index (χ1) is 10.5. The summed E-state index contributed by atoms with van der Waals surface area (Å²) in [5.74, 6) is -2.91. The molecule has 2 unspecified atom stereocenters. The van der Waals surface area contributed by atoms with Crippen LogP contribution in [0.25, 0.3) is 0 Å². The Morgan fingerprint density at radius 1 is 1.23 bits per heavy atom. The van der Waals surface area contributed by atoms with Crippen molar-refractivity contribution < 1.29 is 19.8 Å². The summed E-state index contributed by atoms with van der Waals surface area (Å²) in [6.45, 7) is 2.06. The fraction of sp³-hybridized carbons (Fsp3) is 0.333. The summed E-state index contributed by atoms with van der Waals surface area (Å²) in [6.07, 6.45) is 7.16. The minimum absolute atomic E-state index is 0.385. The van der Waals surface area contributed by atoms with Gasteiger partial charge < -0.3 is 10.2 Å². The maximum absolute atomic E-state index is 12.6. The van der Waals surface area contributed by atoms with Gasteiger partial charge in [-0.3, -0.25) is 4.79 Å². The van der Waals surface area contributed by atoms with Gasteiger partial charge in [0.25, 0.3) is 0 Å². The van der Waals surface area contributed by atoms with Crippen molar-refractivity contribution in [3.63, 3.8) is 0 Å². The lowest BCUT2D eigenvalue weighted by Gasteiger charge is -2.30. The van der Waals surface area contributed by atoms with E-state index in [9.17, 15) is 19.8 Å². The molecule has 0 aromatic heterocycles. The molecule has 0 spiro atoms. The lowest BCUT2D eigenvalue weighted by atomic mass is 9.76. The van der Waals surface area contributed by atoms with Crippen molar-refractivity contribution in [2.24, 2.45) is 5.92 Å². The van der Waals surface area contributed by atoms with Crippen LogP contribution in [-0.4, -0.2) is 27.6 Å². The van der Waals surface area contributed by atoms with Crippen LogP contribution in [0.2, 0.25) is 0 Å². The number of allylic oxidation sites excluding steroid dienone is 2. The van der Waals surface area contributed by atoms with E-state index in [4.69, 9.17) is 0 Å². The van der Waals surface area contributed by atoms with Crippen LogP contribution in [0.15, 0.2) is 54.1 Å². The highest BCUT2D eigenvalue weighted by atomic mass is 16.4. The lowest BCUT2D eigenvalue weighted by molar-refractivity contribution is -0.155. The summed E-state index contributed by atoms with van der Waals surface area (Å²) in [5, 5.41) is 19.8. The molecule has 2 rings (SSSR count). The second-order valence-electron chi connectivity index (χ2n) is 5.52. The van der Waals surface area contributed by atoms with Crippen molar-refractivity contribution >= 4 is 11.8 Å². The zero-order chi connectivity index (χ0) is 16.2. The Morgan fingerprint density at radius 2 is 1.91 bits per heavy atom. The average molecular weight is 300 g/mol. The molecule has 2 N–H and O–H groups in total. The van der Waals surface area contributed by atoms with E-state index < -0.39 is 17.5 Å². The molecule has 22 heavy (non-hydrogen) atoms. The van der Waals surface area contributed by atoms with E-state index in [0.29, 0.717) is 5.56 Å². The number of aliphatic hydroxyl groups is 1. The predicted molar refractivity (Wildman–Crippen MR) is 83.6 cm³/mol. The van der Waals surface area contributed by atoms with Crippen LogP contribution in [-0.2, 0) is 4.79 Å². The number of hydrogen-bond donors (Lipinski definition) is 2. The van der Waals surface area contributed by atoms with Gasteiger partial charge in [0.15, 0.2) is 11.4 Å². The summed E-state index contributed by atoms with van der Waals surface area (Å²) in [4.78, 5) is 24.1.